The van der Waals surface area contributed by atoms with E-state index in [4.69, 9.17) is 4.74 Å². The van der Waals surface area contributed by atoms with E-state index >= 15 is 0 Å². The Hall–Kier alpha value is -2.48. The molecule has 1 unspecified atom stereocenters. The summed E-state index contributed by atoms with van der Waals surface area (Å²) in [6.07, 6.45) is 4.73. The van der Waals surface area contributed by atoms with E-state index in [1.807, 2.05) is 20.8 Å². The Labute approximate surface area is 133 Å². The Morgan fingerprint density at radius 3 is 2.83 bits per heavy atom. The van der Waals surface area contributed by atoms with E-state index in [0.717, 1.165) is 0 Å². The average Bonchev–Trinajstić information content (AvgIpc) is 2.88. The average molecular weight is 320 g/mol. The van der Waals surface area contributed by atoms with Crippen LogP contribution < -0.4 is 5.32 Å². The number of hydrogen-bond acceptors (Lipinski definition) is 5. The van der Waals surface area contributed by atoms with Crippen LogP contribution in [0.25, 0.3) is 5.65 Å². The molecule has 0 radical (unpaired) electrons. The highest BCUT2D eigenvalue weighted by molar-refractivity contribution is 6.01. The topological polar surface area (TPSA) is 106 Å². The summed E-state index contributed by atoms with van der Waals surface area (Å²) >= 11 is 0. The zero-order valence-electron chi connectivity index (χ0n) is 13.3. The summed E-state index contributed by atoms with van der Waals surface area (Å²) in [5, 5.41) is 15.7. The first-order valence-corrected chi connectivity index (χ1v) is 7.24. The zero-order chi connectivity index (χ0) is 17.0. The number of hydrogen-bond donors (Lipinski definition) is 2. The fourth-order valence-corrected chi connectivity index (χ4v) is 1.96. The van der Waals surface area contributed by atoms with Crippen molar-refractivity contribution in [3.63, 3.8) is 0 Å². The van der Waals surface area contributed by atoms with Gasteiger partial charge in [0, 0.05) is 25.4 Å². The summed E-state index contributed by atoms with van der Waals surface area (Å²) < 4.78 is 6.96. The predicted octanol–water partition coefficient (Wildman–Crippen LogP) is 1.12. The normalized spacial score (nSPS) is 13.0. The van der Waals surface area contributed by atoms with Crippen LogP contribution in [0.3, 0.4) is 0 Å². The maximum atomic E-state index is 12.3. The lowest BCUT2D eigenvalue weighted by molar-refractivity contribution is -0.140. The van der Waals surface area contributed by atoms with E-state index in [2.05, 4.69) is 15.4 Å². The summed E-state index contributed by atoms with van der Waals surface area (Å²) in [6.45, 7) is 5.87. The van der Waals surface area contributed by atoms with Crippen LogP contribution in [0.2, 0.25) is 0 Å². The lowest BCUT2D eigenvalue weighted by Gasteiger charge is -2.21. The number of rotatable bonds is 6. The molecule has 2 heterocycles. The van der Waals surface area contributed by atoms with E-state index in [9.17, 15) is 14.7 Å². The third-order valence-electron chi connectivity index (χ3n) is 3.07. The lowest BCUT2D eigenvalue weighted by Crippen LogP contribution is -2.42. The summed E-state index contributed by atoms with van der Waals surface area (Å²) in [5.41, 5.74) is 0.244. The number of carboxylic acid groups (broad SMARTS) is 1. The van der Waals surface area contributed by atoms with Crippen molar-refractivity contribution in [2.24, 2.45) is 0 Å². The van der Waals surface area contributed by atoms with Gasteiger partial charge >= 0.3 is 5.97 Å². The van der Waals surface area contributed by atoms with Crippen molar-refractivity contribution in [3.05, 3.63) is 30.2 Å². The van der Waals surface area contributed by atoms with Crippen LogP contribution in [-0.4, -0.2) is 49.8 Å². The lowest BCUT2D eigenvalue weighted by atomic mass is 10.1. The van der Waals surface area contributed by atoms with Gasteiger partial charge in [0.05, 0.1) is 11.8 Å². The number of carbonyl (C=O) groups excluding carboxylic acids is 1. The molecule has 0 aliphatic carbocycles. The Bertz CT molecular complexity index is 705. The number of ether oxygens (including phenoxy) is 1. The summed E-state index contributed by atoms with van der Waals surface area (Å²) in [6, 6.07) is 0.648. The van der Waals surface area contributed by atoms with Gasteiger partial charge in [-0.25, -0.2) is 14.3 Å². The van der Waals surface area contributed by atoms with Gasteiger partial charge in [0.1, 0.15) is 11.6 Å². The molecule has 2 aromatic rings. The third kappa shape index (κ3) is 4.49. The van der Waals surface area contributed by atoms with Crippen molar-refractivity contribution < 1.29 is 19.4 Å². The molecule has 0 bridgehead atoms. The van der Waals surface area contributed by atoms with Crippen LogP contribution in [0.5, 0.6) is 0 Å². The first kappa shape index (κ1) is 16.9. The number of amides is 1. The maximum absolute atomic E-state index is 12.3. The molecule has 0 aliphatic rings. The van der Waals surface area contributed by atoms with Crippen LogP contribution in [0, 0.1) is 0 Å². The minimum Gasteiger partial charge on any atom is -0.480 e. The molecule has 2 rings (SSSR count). The second-order valence-corrected chi connectivity index (χ2v) is 6.06. The van der Waals surface area contributed by atoms with Crippen LogP contribution in [-0.2, 0) is 9.53 Å². The van der Waals surface area contributed by atoms with E-state index in [1.54, 1.807) is 18.5 Å². The number of nitrogens with one attached hydrogen (secondary N) is 1. The number of aromatic nitrogens is 3. The van der Waals surface area contributed by atoms with Crippen molar-refractivity contribution in [2.45, 2.75) is 38.8 Å². The van der Waals surface area contributed by atoms with Gasteiger partial charge in [-0.3, -0.25) is 4.79 Å². The van der Waals surface area contributed by atoms with Crippen LogP contribution in [0.1, 0.15) is 37.6 Å². The molecular weight excluding hydrogens is 300 g/mol. The highest BCUT2D eigenvalue weighted by atomic mass is 16.5. The van der Waals surface area contributed by atoms with Gasteiger partial charge in [0.2, 0.25) is 0 Å². The molecule has 8 heteroatoms. The van der Waals surface area contributed by atoms with E-state index in [-0.39, 0.29) is 24.2 Å². The summed E-state index contributed by atoms with van der Waals surface area (Å²) in [4.78, 5) is 27.7. The third-order valence-corrected chi connectivity index (χ3v) is 3.07. The molecule has 0 fully saturated rings. The maximum Gasteiger partial charge on any atom is 0.326 e. The molecule has 0 aromatic carbocycles. The molecule has 8 nitrogen and oxygen atoms in total. The Morgan fingerprint density at radius 2 is 2.17 bits per heavy atom. The molecule has 2 aromatic heterocycles. The summed E-state index contributed by atoms with van der Waals surface area (Å²) in [5.74, 6) is -1.64. The largest absolute Gasteiger partial charge is 0.480 e. The van der Waals surface area contributed by atoms with Gasteiger partial charge in [0.15, 0.2) is 5.65 Å². The van der Waals surface area contributed by atoms with Gasteiger partial charge in [-0.15, -0.1) is 0 Å². The minimum absolute atomic E-state index is 0.172. The molecule has 0 saturated heterocycles. The number of fused-ring (bicyclic) bond motifs is 1. The standard InChI is InChI=1S/C15H20N4O4/c1-15(2,3)23-8-5-11(14(21)22)18-13(20)10-9-17-19-7-4-6-16-12(10)19/h4,6-7,9,11H,5,8H2,1-3H3,(H,18,20)(H,21,22). The van der Waals surface area contributed by atoms with Crippen molar-refractivity contribution >= 4 is 17.5 Å². The van der Waals surface area contributed by atoms with Crippen molar-refractivity contribution in [1.82, 2.24) is 19.9 Å². The number of carboxylic acids is 1. The highest BCUT2D eigenvalue weighted by Crippen LogP contribution is 2.10. The van der Waals surface area contributed by atoms with E-state index in [1.165, 1.54) is 10.7 Å². The molecule has 23 heavy (non-hydrogen) atoms. The Morgan fingerprint density at radius 1 is 1.43 bits per heavy atom. The summed E-state index contributed by atoms with van der Waals surface area (Å²) in [7, 11) is 0. The van der Waals surface area contributed by atoms with Gasteiger partial charge < -0.3 is 15.2 Å². The molecular formula is C15H20N4O4. The zero-order valence-corrected chi connectivity index (χ0v) is 13.3. The monoisotopic (exact) mass is 320 g/mol. The fraction of sp³-hybridized carbons (Fsp3) is 0.467. The molecule has 0 saturated carbocycles. The number of aliphatic carboxylic acids is 1. The molecule has 124 valence electrons. The van der Waals surface area contributed by atoms with E-state index in [0.29, 0.717) is 5.65 Å². The van der Waals surface area contributed by atoms with Gasteiger partial charge in [-0.1, -0.05) is 0 Å². The molecule has 2 N–H and O–H groups in total. The highest BCUT2D eigenvalue weighted by Gasteiger charge is 2.23. The Kier molecular flexibility index (Phi) is 4.95. The predicted molar refractivity (Wildman–Crippen MR) is 82.2 cm³/mol. The smallest absolute Gasteiger partial charge is 0.326 e. The SMILES string of the molecule is CC(C)(C)OCCC(NC(=O)c1cnn2cccnc12)C(=O)O. The van der Waals surface area contributed by atoms with Gasteiger partial charge in [-0.05, 0) is 26.8 Å². The number of carbonyl (C=O) groups is 2. The van der Waals surface area contributed by atoms with Crippen molar-refractivity contribution in [3.8, 4) is 0 Å². The van der Waals surface area contributed by atoms with Crippen LogP contribution in [0.4, 0.5) is 0 Å². The molecule has 0 spiro atoms. The first-order valence-electron chi connectivity index (χ1n) is 7.24. The first-order chi connectivity index (χ1) is 10.8. The minimum atomic E-state index is -1.11. The van der Waals surface area contributed by atoms with Gasteiger partial charge in [0.25, 0.3) is 5.91 Å². The van der Waals surface area contributed by atoms with E-state index < -0.39 is 17.9 Å². The molecule has 1 atom stereocenters. The van der Waals surface area contributed by atoms with Crippen molar-refractivity contribution in [1.29, 1.82) is 0 Å². The number of nitrogens with zero attached hydrogens (tertiary/aromatic N) is 3. The fourth-order valence-electron chi connectivity index (χ4n) is 1.96. The van der Waals surface area contributed by atoms with Crippen LogP contribution in [0.15, 0.2) is 24.7 Å². The molecule has 0 aliphatic heterocycles. The quantitative estimate of drug-likeness (QED) is 0.826. The second-order valence-electron chi connectivity index (χ2n) is 6.06. The van der Waals surface area contributed by atoms with Gasteiger partial charge in [-0.2, -0.15) is 5.10 Å². The van der Waals surface area contributed by atoms with Crippen molar-refractivity contribution in [2.75, 3.05) is 6.61 Å². The Balaban J connectivity index is 2.04. The molecule has 1 amide bonds. The second kappa shape index (κ2) is 6.74. The van der Waals surface area contributed by atoms with Crippen LogP contribution >= 0.6 is 0 Å².